The summed E-state index contributed by atoms with van der Waals surface area (Å²) in [4.78, 5) is 17.1. The number of halogens is 3. The number of carbonyl (C=O) groups is 1. The molecule has 1 aromatic heterocycles. The summed E-state index contributed by atoms with van der Waals surface area (Å²) in [6.07, 6.45) is 2.99. The van der Waals surface area contributed by atoms with Crippen molar-refractivity contribution in [2.45, 2.75) is 38.2 Å². The number of amidine groups is 1. The van der Waals surface area contributed by atoms with Crippen LogP contribution in [0.5, 0.6) is 5.75 Å². The molecule has 2 fully saturated rings. The molecule has 0 saturated carbocycles. The minimum absolute atomic E-state index is 0.124. The standard InChI is InChI=1S/C25H31F3N8O2S/c1-2-3-6-21(32-29)36-13-11-19(16-36)30-23-33-34-24(39-23)31-22(37)18-5-4-12-35(15-18)14-17-7-9-20(10-8-17)38-25(26,27)28/h2-3,6-10,18-19H,1,4-5,11-16,29H2,(H,30,33)(H,31,34,37)/b6-3-,32-21+/t18-,19+/m0/s1. The molecule has 0 bridgehead atoms. The third-order valence-corrected chi connectivity index (χ3v) is 7.22. The number of hydrogen-bond acceptors (Lipinski definition) is 9. The lowest BCUT2D eigenvalue weighted by molar-refractivity contribution is -0.274. The molecule has 2 atom stereocenters. The van der Waals surface area contributed by atoms with Gasteiger partial charge in [-0.2, -0.15) is 5.10 Å². The van der Waals surface area contributed by atoms with E-state index in [0.717, 1.165) is 37.9 Å². The number of allylic oxidation sites excluding steroid dienone is 2. The monoisotopic (exact) mass is 564 g/mol. The van der Waals surface area contributed by atoms with Crippen LogP contribution in [-0.4, -0.2) is 70.3 Å². The molecular weight excluding hydrogens is 533 g/mol. The number of benzene rings is 1. The van der Waals surface area contributed by atoms with Gasteiger partial charge in [0, 0.05) is 32.2 Å². The van der Waals surface area contributed by atoms with Crippen LogP contribution in [0, 0.1) is 5.92 Å². The highest BCUT2D eigenvalue weighted by Crippen LogP contribution is 2.27. The van der Waals surface area contributed by atoms with Crippen LogP contribution in [0.2, 0.25) is 0 Å². The van der Waals surface area contributed by atoms with Crippen molar-refractivity contribution in [1.29, 1.82) is 0 Å². The van der Waals surface area contributed by atoms with Crippen molar-refractivity contribution in [2.24, 2.45) is 16.9 Å². The van der Waals surface area contributed by atoms with Gasteiger partial charge in [0.2, 0.25) is 16.2 Å². The molecule has 210 valence electrons. The van der Waals surface area contributed by atoms with Crippen molar-refractivity contribution in [2.75, 3.05) is 36.8 Å². The first-order valence-corrected chi connectivity index (χ1v) is 13.3. The molecule has 0 aliphatic carbocycles. The molecule has 10 nitrogen and oxygen atoms in total. The van der Waals surface area contributed by atoms with Gasteiger partial charge >= 0.3 is 6.36 Å². The maximum absolute atomic E-state index is 12.9. The molecule has 0 spiro atoms. The highest BCUT2D eigenvalue weighted by atomic mass is 32.1. The number of nitrogens with two attached hydrogens (primary N) is 1. The van der Waals surface area contributed by atoms with Crippen LogP contribution in [0.3, 0.4) is 0 Å². The maximum atomic E-state index is 12.9. The number of piperidine rings is 1. The number of nitrogens with zero attached hydrogens (tertiary/aromatic N) is 5. The van der Waals surface area contributed by atoms with Gasteiger partial charge in [0.15, 0.2) is 0 Å². The summed E-state index contributed by atoms with van der Waals surface area (Å²) in [7, 11) is 0. The van der Waals surface area contributed by atoms with Crippen LogP contribution >= 0.6 is 11.3 Å². The highest BCUT2D eigenvalue weighted by Gasteiger charge is 2.31. The zero-order valence-electron chi connectivity index (χ0n) is 21.2. The molecule has 1 amide bonds. The molecule has 4 N–H and O–H groups in total. The smallest absolute Gasteiger partial charge is 0.406 e. The second kappa shape index (κ2) is 12.9. The quantitative estimate of drug-likeness (QED) is 0.138. The number of rotatable bonds is 9. The Morgan fingerprint density at radius 2 is 1.97 bits per heavy atom. The topological polar surface area (TPSA) is 121 Å². The molecule has 0 unspecified atom stereocenters. The molecule has 14 heteroatoms. The number of carbonyl (C=O) groups excluding carboxylic acids is 1. The van der Waals surface area contributed by atoms with Gasteiger partial charge in [0.05, 0.1) is 5.92 Å². The fraction of sp³-hybridized carbons (Fsp3) is 0.440. The van der Waals surface area contributed by atoms with Gasteiger partial charge in [0.25, 0.3) is 0 Å². The Hall–Kier alpha value is -3.65. The first kappa shape index (κ1) is 28.4. The summed E-state index contributed by atoms with van der Waals surface area (Å²) < 4.78 is 41.1. The van der Waals surface area contributed by atoms with Gasteiger partial charge in [-0.05, 0) is 49.6 Å². The van der Waals surface area contributed by atoms with Crippen LogP contribution in [0.25, 0.3) is 0 Å². The predicted molar refractivity (Wildman–Crippen MR) is 144 cm³/mol. The number of likely N-dealkylation sites (tertiary alicyclic amines) is 2. The number of nitrogens with one attached hydrogen (secondary N) is 2. The van der Waals surface area contributed by atoms with Gasteiger partial charge in [-0.25, -0.2) is 0 Å². The summed E-state index contributed by atoms with van der Waals surface area (Å²) in [5.41, 5.74) is 0.845. The zero-order chi connectivity index (χ0) is 27.8. The summed E-state index contributed by atoms with van der Waals surface area (Å²) in [6.45, 7) is 7.02. The molecule has 3 heterocycles. The Balaban J connectivity index is 1.25. The first-order chi connectivity index (χ1) is 18.7. The van der Waals surface area contributed by atoms with Crippen molar-refractivity contribution < 1.29 is 22.7 Å². The van der Waals surface area contributed by atoms with E-state index in [4.69, 9.17) is 5.84 Å². The van der Waals surface area contributed by atoms with Crippen molar-refractivity contribution in [3.05, 3.63) is 54.6 Å². The number of amides is 1. The molecular formula is C25H31F3N8O2S. The van der Waals surface area contributed by atoms with E-state index >= 15 is 0 Å². The van der Waals surface area contributed by atoms with E-state index < -0.39 is 6.36 Å². The minimum Gasteiger partial charge on any atom is -0.406 e. The minimum atomic E-state index is -4.72. The Bertz CT molecular complexity index is 1180. The molecule has 2 aliphatic rings. The van der Waals surface area contributed by atoms with Gasteiger partial charge in [-0.15, -0.1) is 23.4 Å². The number of ether oxygens (including phenoxy) is 1. The Morgan fingerprint density at radius 3 is 2.69 bits per heavy atom. The summed E-state index contributed by atoms with van der Waals surface area (Å²) in [6, 6.07) is 5.94. The summed E-state index contributed by atoms with van der Waals surface area (Å²) in [5, 5.41) is 19.4. The van der Waals surface area contributed by atoms with E-state index in [0.29, 0.717) is 35.7 Å². The van der Waals surface area contributed by atoms with Gasteiger partial charge in [-0.1, -0.05) is 42.2 Å². The zero-order valence-corrected chi connectivity index (χ0v) is 22.0. The fourth-order valence-corrected chi connectivity index (χ4v) is 5.38. The second-order valence-electron chi connectivity index (χ2n) is 9.33. The number of alkyl halides is 3. The molecule has 2 saturated heterocycles. The number of hydrazone groups is 1. The van der Waals surface area contributed by atoms with E-state index in [-0.39, 0.29) is 23.6 Å². The molecule has 2 aliphatic heterocycles. The average molecular weight is 565 g/mol. The van der Waals surface area contributed by atoms with E-state index in [9.17, 15) is 18.0 Å². The van der Waals surface area contributed by atoms with Crippen LogP contribution in [0.15, 0.2) is 54.2 Å². The van der Waals surface area contributed by atoms with Crippen molar-refractivity contribution in [1.82, 2.24) is 20.0 Å². The molecule has 39 heavy (non-hydrogen) atoms. The van der Waals surface area contributed by atoms with Gasteiger partial charge in [0.1, 0.15) is 11.6 Å². The van der Waals surface area contributed by atoms with Crippen LogP contribution in [0.4, 0.5) is 23.4 Å². The SMILES string of the molecule is C=C/C=C\C(=N/N)N1CC[C@@H](Nc2nnc(NC(=O)[C@H]3CCCN(Cc4ccc(OC(F)(F)F)cc4)C3)s2)C1. The predicted octanol–water partition coefficient (Wildman–Crippen LogP) is 3.79. The molecule has 0 radical (unpaired) electrons. The Morgan fingerprint density at radius 1 is 1.21 bits per heavy atom. The van der Waals surface area contributed by atoms with E-state index in [2.05, 4.69) is 47.0 Å². The second-order valence-corrected chi connectivity index (χ2v) is 10.3. The third kappa shape index (κ3) is 8.42. The molecule has 1 aromatic carbocycles. The Kier molecular flexibility index (Phi) is 9.41. The Labute approximate surface area is 228 Å². The van der Waals surface area contributed by atoms with E-state index in [1.54, 1.807) is 24.3 Å². The lowest BCUT2D eigenvalue weighted by Crippen LogP contribution is -2.40. The average Bonchev–Trinajstić information content (AvgIpc) is 3.55. The summed E-state index contributed by atoms with van der Waals surface area (Å²) >= 11 is 1.28. The highest BCUT2D eigenvalue weighted by molar-refractivity contribution is 7.19. The van der Waals surface area contributed by atoms with E-state index in [1.165, 1.54) is 23.5 Å². The van der Waals surface area contributed by atoms with Crippen LogP contribution < -0.4 is 21.2 Å². The number of anilines is 2. The maximum Gasteiger partial charge on any atom is 0.573 e. The van der Waals surface area contributed by atoms with Gasteiger partial charge < -0.3 is 26.1 Å². The van der Waals surface area contributed by atoms with Crippen molar-refractivity contribution in [3.63, 3.8) is 0 Å². The van der Waals surface area contributed by atoms with E-state index in [1.807, 2.05) is 6.08 Å². The number of aromatic nitrogens is 2. The van der Waals surface area contributed by atoms with Crippen molar-refractivity contribution in [3.8, 4) is 5.75 Å². The lowest BCUT2D eigenvalue weighted by atomic mass is 9.97. The fourth-order valence-electron chi connectivity index (χ4n) is 4.65. The molecule has 2 aromatic rings. The third-order valence-electron chi connectivity index (χ3n) is 6.45. The largest absolute Gasteiger partial charge is 0.573 e. The number of hydrogen-bond donors (Lipinski definition) is 3. The summed E-state index contributed by atoms with van der Waals surface area (Å²) in [5.74, 6) is 5.58. The normalized spacial score (nSPS) is 20.8. The molecule has 4 rings (SSSR count). The lowest BCUT2D eigenvalue weighted by Gasteiger charge is -2.31. The first-order valence-electron chi connectivity index (χ1n) is 12.5. The van der Waals surface area contributed by atoms with Crippen LogP contribution in [0.1, 0.15) is 24.8 Å². The van der Waals surface area contributed by atoms with Crippen LogP contribution in [-0.2, 0) is 11.3 Å². The van der Waals surface area contributed by atoms with Crippen molar-refractivity contribution >= 4 is 33.3 Å². The van der Waals surface area contributed by atoms with Gasteiger partial charge in [-0.3, -0.25) is 9.69 Å².